The van der Waals surface area contributed by atoms with E-state index in [1.165, 1.54) is 11.8 Å². The van der Waals surface area contributed by atoms with Crippen molar-refractivity contribution in [3.63, 3.8) is 0 Å². The van der Waals surface area contributed by atoms with Crippen LogP contribution in [0.4, 0.5) is 0 Å². The lowest BCUT2D eigenvalue weighted by molar-refractivity contribution is 0.139. The third kappa shape index (κ3) is 3.95. The maximum atomic E-state index is 13.4. The average molecular weight is 336 g/mol. The molecule has 20 heavy (non-hydrogen) atoms. The number of allylic oxidation sites excluding steroid dienone is 2. The minimum atomic E-state index is -3.28. The van der Waals surface area contributed by atoms with Gasteiger partial charge >= 0.3 is 7.60 Å². The fourth-order valence-corrected chi connectivity index (χ4v) is 7.43. The van der Waals surface area contributed by atoms with E-state index in [1.807, 2.05) is 46.3 Å². The molecule has 116 valence electrons. The molecule has 3 nitrogen and oxygen atoms in total. The molecule has 0 aliphatic carbocycles. The highest BCUT2D eigenvalue weighted by Gasteiger charge is 2.53. The van der Waals surface area contributed by atoms with Crippen LogP contribution in [0.2, 0.25) is 0 Å². The molecular formula is C14H25O3PS2. The van der Waals surface area contributed by atoms with Crippen LogP contribution in [0.15, 0.2) is 23.1 Å². The monoisotopic (exact) mass is 336 g/mol. The Labute approximate surface area is 131 Å². The first-order chi connectivity index (χ1) is 9.16. The van der Waals surface area contributed by atoms with Gasteiger partial charge in [-0.2, -0.15) is 0 Å². The van der Waals surface area contributed by atoms with Gasteiger partial charge in [0.2, 0.25) is 0 Å². The van der Waals surface area contributed by atoms with Gasteiger partial charge in [0.1, 0.15) is 0 Å². The largest absolute Gasteiger partial charge is 0.357 e. The maximum absolute atomic E-state index is 13.4. The molecule has 0 N–H and O–H groups in total. The summed E-state index contributed by atoms with van der Waals surface area (Å²) < 4.78 is 24.4. The molecule has 6 heteroatoms. The van der Waals surface area contributed by atoms with Crippen LogP contribution in [0.5, 0.6) is 0 Å². The second-order valence-corrected chi connectivity index (χ2v) is 10.7. The topological polar surface area (TPSA) is 35.5 Å². The Morgan fingerprint density at radius 3 is 2.20 bits per heavy atom. The summed E-state index contributed by atoms with van der Waals surface area (Å²) in [7, 11) is -3.28. The van der Waals surface area contributed by atoms with Crippen molar-refractivity contribution in [3.8, 4) is 0 Å². The predicted molar refractivity (Wildman–Crippen MR) is 91.4 cm³/mol. The molecule has 1 heterocycles. The molecule has 1 aliphatic heterocycles. The summed E-state index contributed by atoms with van der Waals surface area (Å²) in [6.07, 6.45) is 2.26. The molecule has 0 amide bonds. The molecule has 0 aromatic heterocycles. The summed E-state index contributed by atoms with van der Waals surface area (Å²) in [5, 5.41) is 2.02. The second-order valence-electron chi connectivity index (χ2n) is 5.42. The molecule has 0 fully saturated rings. The molecule has 0 aromatic carbocycles. The van der Waals surface area contributed by atoms with E-state index in [0.29, 0.717) is 6.42 Å². The maximum Gasteiger partial charge on any atom is 0.357 e. The molecule has 0 saturated carbocycles. The zero-order chi connectivity index (χ0) is 15.6. The number of hydrogen-bond acceptors (Lipinski definition) is 5. The minimum Gasteiger partial charge on any atom is -0.304 e. The van der Waals surface area contributed by atoms with E-state index in [0.717, 1.165) is 11.1 Å². The molecule has 1 rings (SSSR count). The number of thioether (sulfide) groups is 2. The fraction of sp³-hybridized carbons (Fsp3) is 0.714. The lowest BCUT2D eigenvalue weighted by Crippen LogP contribution is -2.28. The van der Waals surface area contributed by atoms with Gasteiger partial charge in [0, 0.05) is 6.42 Å². The Morgan fingerprint density at radius 1 is 1.35 bits per heavy atom. The summed E-state index contributed by atoms with van der Waals surface area (Å²) in [6, 6.07) is 0. The first kappa shape index (κ1) is 18.4. The van der Waals surface area contributed by atoms with E-state index in [-0.39, 0.29) is 12.2 Å². The SMILES string of the molecule is C=C1CC(SC)(P(=O)(OC(C)C)OC(C)C)SC=C1C. The summed E-state index contributed by atoms with van der Waals surface area (Å²) in [6.45, 7) is 13.6. The van der Waals surface area contributed by atoms with Crippen LogP contribution in [-0.2, 0) is 13.6 Å². The zero-order valence-corrected chi connectivity index (χ0v) is 15.7. The van der Waals surface area contributed by atoms with Gasteiger partial charge in [-0.05, 0) is 57.4 Å². The smallest absolute Gasteiger partial charge is 0.304 e. The molecule has 1 atom stereocenters. The third-order valence-electron chi connectivity index (χ3n) is 2.85. The highest BCUT2D eigenvalue weighted by Crippen LogP contribution is 2.73. The van der Waals surface area contributed by atoms with Crippen molar-refractivity contribution in [2.24, 2.45) is 0 Å². The normalized spacial score (nSPS) is 24.4. The van der Waals surface area contributed by atoms with Gasteiger partial charge in [-0.1, -0.05) is 6.58 Å². The molecule has 1 aliphatic rings. The van der Waals surface area contributed by atoms with Crippen LogP contribution in [0.3, 0.4) is 0 Å². The molecule has 1 unspecified atom stereocenters. The van der Waals surface area contributed by atoms with Crippen molar-refractivity contribution in [2.45, 2.75) is 57.1 Å². The van der Waals surface area contributed by atoms with Gasteiger partial charge in [-0.25, -0.2) is 0 Å². The Hall–Kier alpha value is 0.330. The van der Waals surface area contributed by atoms with Crippen molar-refractivity contribution < 1.29 is 13.6 Å². The molecule has 0 bridgehead atoms. The van der Waals surface area contributed by atoms with Crippen molar-refractivity contribution in [2.75, 3.05) is 6.26 Å². The van der Waals surface area contributed by atoms with Crippen LogP contribution in [0, 0.1) is 0 Å². The van der Waals surface area contributed by atoms with Gasteiger partial charge in [-0.15, -0.1) is 23.5 Å². The van der Waals surface area contributed by atoms with Crippen LogP contribution in [-0.4, -0.2) is 22.3 Å². The van der Waals surface area contributed by atoms with E-state index in [1.54, 1.807) is 11.8 Å². The van der Waals surface area contributed by atoms with Crippen LogP contribution in [0.25, 0.3) is 0 Å². The number of hydrogen-bond donors (Lipinski definition) is 0. The van der Waals surface area contributed by atoms with Gasteiger partial charge in [-0.3, -0.25) is 4.57 Å². The van der Waals surface area contributed by atoms with Gasteiger partial charge in [0.05, 0.1) is 12.2 Å². The molecule has 0 saturated heterocycles. The Morgan fingerprint density at radius 2 is 1.85 bits per heavy atom. The van der Waals surface area contributed by atoms with Gasteiger partial charge in [0.25, 0.3) is 0 Å². The van der Waals surface area contributed by atoms with Crippen molar-refractivity contribution in [1.82, 2.24) is 0 Å². The summed E-state index contributed by atoms with van der Waals surface area (Å²) in [5.41, 5.74) is 2.14. The van der Waals surface area contributed by atoms with Crippen molar-refractivity contribution >= 4 is 31.1 Å². The van der Waals surface area contributed by atoms with E-state index >= 15 is 0 Å². The van der Waals surface area contributed by atoms with Crippen LogP contribution >= 0.6 is 31.1 Å². The Kier molecular flexibility index (Phi) is 6.49. The first-order valence-electron chi connectivity index (χ1n) is 6.70. The van der Waals surface area contributed by atoms with E-state index in [4.69, 9.17) is 9.05 Å². The van der Waals surface area contributed by atoms with Crippen LogP contribution in [0.1, 0.15) is 41.0 Å². The van der Waals surface area contributed by atoms with Gasteiger partial charge < -0.3 is 9.05 Å². The van der Waals surface area contributed by atoms with E-state index in [9.17, 15) is 4.57 Å². The lowest BCUT2D eigenvalue weighted by atomic mass is 10.1. The molecular weight excluding hydrogens is 311 g/mol. The average Bonchev–Trinajstić information content (AvgIpc) is 2.30. The van der Waals surface area contributed by atoms with Crippen molar-refractivity contribution in [1.29, 1.82) is 0 Å². The van der Waals surface area contributed by atoms with Crippen LogP contribution < -0.4 is 0 Å². The quantitative estimate of drug-likeness (QED) is 0.586. The second kappa shape index (κ2) is 7.06. The highest BCUT2D eigenvalue weighted by atomic mass is 32.2. The Bertz CT molecular complexity index is 432. The van der Waals surface area contributed by atoms with Gasteiger partial charge in [0.15, 0.2) is 3.82 Å². The van der Waals surface area contributed by atoms with Crippen molar-refractivity contribution in [3.05, 3.63) is 23.1 Å². The third-order valence-corrected chi connectivity index (χ3v) is 10.0. The fourth-order valence-electron chi connectivity index (χ4n) is 1.85. The molecule has 0 aromatic rings. The summed E-state index contributed by atoms with van der Waals surface area (Å²) in [5.74, 6) is 0. The van der Waals surface area contributed by atoms with E-state index in [2.05, 4.69) is 6.58 Å². The summed E-state index contributed by atoms with van der Waals surface area (Å²) >= 11 is 3.07. The lowest BCUT2D eigenvalue weighted by Gasteiger charge is -2.40. The molecule has 0 radical (unpaired) electrons. The standard InChI is InChI=1S/C14H25O3PS2/c1-10(2)16-18(15,17-11(3)4)14(19-7)8-12(5)13(6)9-20-14/h9-11H,5,8H2,1-4,6-7H3. The predicted octanol–water partition coefficient (Wildman–Crippen LogP) is 5.64. The van der Waals surface area contributed by atoms with E-state index < -0.39 is 11.4 Å². The highest BCUT2D eigenvalue weighted by molar-refractivity contribution is 8.26. The first-order valence-corrected chi connectivity index (χ1v) is 10.4. The minimum absolute atomic E-state index is 0.149. The molecule has 0 spiro atoms. The number of rotatable bonds is 6. The zero-order valence-electron chi connectivity index (χ0n) is 13.1. The summed E-state index contributed by atoms with van der Waals surface area (Å²) in [4.78, 5) is 0. The Balaban J connectivity index is 3.21.